The van der Waals surface area contributed by atoms with E-state index in [1.54, 1.807) is 6.07 Å². The van der Waals surface area contributed by atoms with Crippen molar-refractivity contribution in [1.82, 2.24) is 5.32 Å². The van der Waals surface area contributed by atoms with Gasteiger partial charge in [-0.3, -0.25) is 0 Å². The molecule has 7 heteroatoms. The SMILES string of the molecule is O=C1NCC(CCOC2CCCCO2)(c2ccc(Cl)c(Cl)c2)CO1. The maximum atomic E-state index is 11.4. The second-order valence-electron chi connectivity index (χ2n) is 6.26. The van der Waals surface area contributed by atoms with Crippen LogP contribution in [0.3, 0.4) is 0 Å². The maximum Gasteiger partial charge on any atom is 0.407 e. The van der Waals surface area contributed by atoms with Gasteiger partial charge in [0.15, 0.2) is 6.29 Å². The molecule has 2 aliphatic heterocycles. The van der Waals surface area contributed by atoms with Crippen molar-refractivity contribution in [2.45, 2.75) is 37.4 Å². The Morgan fingerprint density at radius 1 is 1.29 bits per heavy atom. The van der Waals surface area contributed by atoms with E-state index < -0.39 is 11.5 Å². The summed E-state index contributed by atoms with van der Waals surface area (Å²) in [5, 5.41) is 3.76. The van der Waals surface area contributed by atoms with Crippen LogP contribution in [0.4, 0.5) is 4.79 Å². The van der Waals surface area contributed by atoms with Crippen molar-refractivity contribution >= 4 is 29.3 Å². The molecule has 2 heterocycles. The molecule has 1 aromatic carbocycles. The molecule has 132 valence electrons. The van der Waals surface area contributed by atoms with E-state index in [0.717, 1.165) is 31.4 Å². The lowest BCUT2D eigenvalue weighted by Gasteiger charge is -2.38. The second-order valence-corrected chi connectivity index (χ2v) is 7.07. The zero-order chi connectivity index (χ0) is 17.0. The van der Waals surface area contributed by atoms with Crippen LogP contribution in [-0.2, 0) is 19.6 Å². The van der Waals surface area contributed by atoms with E-state index in [4.69, 9.17) is 37.4 Å². The minimum absolute atomic E-state index is 0.135. The Morgan fingerprint density at radius 2 is 2.17 bits per heavy atom. The Bertz CT molecular complexity index is 580. The second kappa shape index (κ2) is 7.91. The number of carbonyl (C=O) groups is 1. The number of carbonyl (C=O) groups excluding carboxylic acids is 1. The van der Waals surface area contributed by atoms with E-state index in [-0.39, 0.29) is 12.9 Å². The largest absolute Gasteiger partial charge is 0.449 e. The summed E-state index contributed by atoms with van der Waals surface area (Å²) in [7, 11) is 0. The number of hydrogen-bond donors (Lipinski definition) is 1. The standard InChI is InChI=1S/C17H21Cl2NO4/c18-13-5-4-12(9-14(13)19)17(10-20-16(21)24-11-17)6-8-23-15-3-1-2-7-22-15/h4-5,9,15H,1-3,6-8,10-11H2,(H,20,21). The molecule has 1 amide bonds. The molecule has 0 aliphatic carbocycles. The van der Waals surface area contributed by atoms with Crippen molar-refractivity contribution in [3.8, 4) is 0 Å². The van der Waals surface area contributed by atoms with Crippen LogP contribution in [0.1, 0.15) is 31.2 Å². The van der Waals surface area contributed by atoms with Gasteiger partial charge in [0.2, 0.25) is 0 Å². The molecule has 24 heavy (non-hydrogen) atoms. The van der Waals surface area contributed by atoms with Gasteiger partial charge >= 0.3 is 6.09 Å². The van der Waals surface area contributed by atoms with Gasteiger partial charge in [-0.05, 0) is 43.4 Å². The fraction of sp³-hybridized carbons (Fsp3) is 0.588. The van der Waals surface area contributed by atoms with Gasteiger partial charge in [-0.1, -0.05) is 29.3 Å². The number of rotatable bonds is 5. The number of halogens is 2. The van der Waals surface area contributed by atoms with Crippen LogP contribution in [0.25, 0.3) is 0 Å². The molecule has 2 aliphatic rings. The average Bonchev–Trinajstić information content (AvgIpc) is 2.60. The molecular formula is C17H21Cl2NO4. The summed E-state index contributed by atoms with van der Waals surface area (Å²) in [5.74, 6) is 0. The number of ether oxygens (including phenoxy) is 3. The molecule has 2 unspecified atom stereocenters. The molecular weight excluding hydrogens is 353 g/mol. The summed E-state index contributed by atoms with van der Waals surface area (Å²) in [6.45, 7) is 2.02. The average molecular weight is 374 g/mol. The van der Waals surface area contributed by atoms with Crippen molar-refractivity contribution in [1.29, 1.82) is 0 Å². The molecule has 0 bridgehead atoms. The highest BCUT2D eigenvalue weighted by atomic mass is 35.5. The fourth-order valence-electron chi connectivity index (χ4n) is 3.09. The van der Waals surface area contributed by atoms with Gasteiger partial charge < -0.3 is 19.5 Å². The molecule has 3 rings (SSSR count). The van der Waals surface area contributed by atoms with E-state index in [1.807, 2.05) is 12.1 Å². The molecule has 1 N–H and O–H groups in total. The maximum absolute atomic E-state index is 11.4. The van der Waals surface area contributed by atoms with Gasteiger partial charge in [0.25, 0.3) is 0 Å². The summed E-state index contributed by atoms with van der Waals surface area (Å²) < 4.78 is 16.7. The van der Waals surface area contributed by atoms with Crippen molar-refractivity contribution < 1.29 is 19.0 Å². The Hall–Kier alpha value is -1.01. The molecule has 0 aromatic heterocycles. The van der Waals surface area contributed by atoms with E-state index in [0.29, 0.717) is 29.6 Å². The van der Waals surface area contributed by atoms with Gasteiger partial charge in [-0.25, -0.2) is 4.79 Å². The van der Waals surface area contributed by atoms with Crippen LogP contribution < -0.4 is 5.32 Å². The molecule has 2 fully saturated rings. The normalized spacial score (nSPS) is 27.4. The van der Waals surface area contributed by atoms with Gasteiger partial charge in [0, 0.05) is 18.6 Å². The first-order valence-corrected chi connectivity index (χ1v) is 8.94. The van der Waals surface area contributed by atoms with E-state index in [1.165, 1.54) is 0 Å². The number of cyclic esters (lactones) is 1. The number of benzene rings is 1. The van der Waals surface area contributed by atoms with E-state index in [9.17, 15) is 4.79 Å². The summed E-state index contributed by atoms with van der Waals surface area (Å²) in [6, 6.07) is 5.52. The predicted octanol–water partition coefficient (Wildman–Crippen LogP) is 3.90. The number of nitrogens with one attached hydrogen (secondary N) is 1. The molecule has 1 aromatic rings. The summed E-state index contributed by atoms with van der Waals surface area (Å²) in [5.41, 5.74) is 0.585. The highest BCUT2D eigenvalue weighted by molar-refractivity contribution is 6.42. The number of hydrogen-bond acceptors (Lipinski definition) is 4. The van der Waals surface area contributed by atoms with Gasteiger partial charge in [-0.2, -0.15) is 0 Å². The Morgan fingerprint density at radius 3 is 2.83 bits per heavy atom. The van der Waals surface area contributed by atoms with Crippen LogP contribution >= 0.6 is 23.2 Å². The van der Waals surface area contributed by atoms with Crippen molar-refractivity contribution in [2.75, 3.05) is 26.4 Å². The molecule has 0 radical (unpaired) electrons. The van der Waals surface area contributed by atoms with Gasteiger partial charge in [0.05, 0.1) is 16.7 Å². The lowest BCUT2D eigenvalue weighted by Crippen LogP contribution is -2.51. The zero-order valence-corrected chi connectivity index (χ0v) is 14.9. The van der Waals surface area contributed by atoms with Crippen LogP contribution in [0.15, 0.2) is 18.2 Å². The van der Waals surface area contributed by atoms with Gasteiger partial charge in [0.1, 0.15) is 6.61 Å². The van der Waals surface area contributed by atoms with Crippen LogP contribution in [0.5, 0.6) is 0 Å². The lowest BCUT2D eigenvalue weighted by atomic mass is 9.77. The van der Waals surface area contributed by atoms with Crippen molar-refractivity contribution in [3.63, 3.8) is 0 Å². The minimum atomic E-state index is -0.401. The summed E-state index contributed by atoms with van der Waals surface area (Å²) >= 11 is 12.2. The Labute approximate surface area is 151 Å². The first-order chi connectivity index (χ1) is 11.6. The highest BCUT2D eigenvalue weighted by Crippen LogP contribution is 2.34. The monoisotopic (exact) mass is 373 g/mol. The quantitative estimate of drug-likeness (QED) is 0.849. The van der Waals surface area contributed by atoms with Gasteiger partial charge in [-0.15, -0.1) is 0 Å². The third-order valence-corrected chi connectivity index (χ3v) is 5.34. The summed E-state index contributed by atoms with van der Waals surface area (Å²) in [4.78, 5) is 11.4. The molecule has 2 saturated heterocycles. The van der Waals surface area contributed by atoms with Crippen LogP contribution in [0.2, 0.25) is 10.0 Å². The molecule has 2 atom stereocenters. The van der Waals surface area contributed by atoms with Crippen molar-refractivity contribution in [2.24, 2.45) is 0 Å². The lowest BCUT2D eigenvalue weighted by molar-refractivity contribution is -0.165. The summed E-state index contributed by atoms with van der Waals surface area (Å²) in [6.07, 6.45) is 3.29. The first kappa shape index (κ1) is 17.8. The smallest absolute Gasteiger partial charge is 0.407 e. The topological polar surface area (TPSA) is 56.8 Å². The highest BCUT2D eigenvalue weighted by Gasteiger charge is 2.38. The van der Waals surface area contributed by atoms with E-state index >= 15 is 0 Å². The third-order valence-electron chi connectivity index (χ3n) is 4.60. The molecule has 5 nitrogen and oxygen atoms in total. The van der Waals surface area contributed by atoms with Crippen LogP contribution in [0, 0.1) is 0 Å². The minimum Gasteiger partial charge on any atom is -0.449 e. The fourth-order valence-corrected chi connectivity index (χ4v) is 3.39. The Kier molecular flexibility index (Phi) is 5.87. The Balaban J connectivity index is 1.70. The molecule has 0 saturated carbocycles. The number of amides is 1. The molecule has 0 spiro atoms. The number of alkyl carbamates (subject to hydrolysis) is 1. The predicted molar refractivity (Wildman–Crippen MR) is 91.7 cm³/mol. The zero-order valence-electron chi connectivity index (χ0n) is 13.4. The van der Waals surface area contributed by atoms with E-state index in [2.05, 4.69) is 5.32 Å². The first-order valence-electron chi connectivity index (χ1n) is 8.18. The van der Waals surface area contributed by atoms with Crippen molar-refractivity contribution in [3.05, 3.63) is 33.8 Å². The van der Waals surface area contributed by atoms with Crippen LogP contribution in [-0.4, -0.2) is 38.7 Å². The third kappa shape index (κ3) is 4.14.